The van der Waals surface area contributed by atoms with Crippen LogP contribution < -0.4 is 10.6 Å². The third-order valence-electron chi connectivity index (χ3n) is 2.28. The van der Waals surface area contributed by atoms with Crippen LogP contribution in [0.2, 0.25) is 0 Å². The van der Waals surface area contributed by atoms with E-state index in [-0.39, 0.29) is 0 Å². The van der Waals surface area contributed by atoms with Crippen molar-refractivity contribution in [2.24, 2.45) is 0 Å². The molecule has 0 aliphatic heterocycles. The quantitative estimate of drug-likeness (QED) is 0.868. The molecule has 0 atom stereocenters. The summed E-state index contributed by atoms with van der Waals surface area (Å²) in [5.74, 6) is 2.43. The normalized spacial score (nSPS) is 10.4. The summed E-state index contributed by atoms with van der Waals surface area (Å²) in [5, 5.41) is 9.57. The maximum atomic E-state index is 4.40. The third kappa shape index (κ3) is 3.40. The lowest BCUT2D eigenvalue weighted by Crippen LogP contribution is -2.06. The predicted molar refractivity (Wildman–Crippen MR) is 75.1 cm³/mol. The highest BCUT2D eigenvalue weighted by Gasteiger charge is 2.03. The Balaban J connectivity index is 2.04. The van der Waals surface area contributed by atoms with E-state index >= 15 is 0 Å². The zero-order chi connectivity index (χ0) is 13.0. The summed E-state index contributed by atoms with van der Waals surface area (Å²) in [6, 6.07) is 1.91. The van der Waals surface area contributed by atoms with Gasteiger partial charge in [0.05, 0.1) is 6.54 Å². The van der Waals surface area contributed by atoms with Crippen molar-refractivity contribution in [1.82, 2.24) is 15.0 Å². The van der Waals surface area contributed by atoms with Gasteiger partial charge in [0.25, 0.3) is 0 Å². The number of aromatic nitrogens is 3. The Morgan fingerprint density at radius 3 is 2.44 bits per heavy atom. The van der Waals surface area contributed by atoms with Gasteiger partial charge in [0.2, 0.25) is 0 Å². The average Bonchev–Trinajstić information content (AvgIpc) is 2.72. The molecule has 2 heterocycles. The van der Waals surface area contributed by atoms with Crippen molar-refractivity contribution in [3.05, 3.63) is 28.0 Å². The van der Waals surface area contributed by atoms with E-state index in [4.69, 9.17) is 0 Å². The van der Waals surface area contributed by atoms with Gasteiger partial charge in [0, 0.05) is 23.7 Å². The molecule has 0 saturated carbocycles. The third-order valence-corrected chi connectivity index (χ3v) is 3.25. The van der Waals surface area contributed by atoms with Crippen LogP contribution in [0.25, 0.3) is 0 Å². The van der Waals surface area contributed by atoms with Gasteiger partial charge in [0.1, 0.15) is 22.5 Å². The van der Waals surface area contributed by atoms with E-state index in [1.165, 1.54) is 0 Å². The Hall–Kier alpha value is -1.69. The molecule has 0 radical (unpaired) electrons. The highest BCUT2D eigenvalue weighted by atomic mass is 32.1. The Labute approximate surface area is 111 Å². The summed E-state index contributed by atoms with van der Waals surface area (Å²) in [6.07, 6.45) is 0. The lowest BCUT2D eigenvalue weighted by atomic mass is 10.4. The summed E-state index contributed by atoms with van der Waals surface area (Å²) >= 11 is 1.65. The summed E-state index contributed by atoms with van der Waals surface area (Å²) in [6.45, 7) is 7.47. The van der Waals surface area contributed by atoms with Crippen LogP contribution in [0.3, 0.4) is 0 Å². The first kappa shape index (κ1) is 12.8. The van der Waals surface area contributed by atoms with Crippen molar-refractivity contribution in [3.8, 4) is 0 Å². The second kappa shape index (κ2) is 5.77. The van der Waals surface area contributed by atoms with Gasteiger partial charge in [-0.2, -0.15) is 0 Å². The van der Waals surface area contributed by atoms with E-state index in [1.807, 2.05) is 32.2 Å². The van der Waals surface area contributed by atoms with Crippen LogP contribution in [-0.4, -0.2) is 21.5 Å². The van der Waals surface area contributed by atoms with Gasteiger partial charge in [-0.25, -0.2) is 15.0 Å². The Kier molecular flexibility index (Phi) is 4.09. The molecule has 0 aromatic carbocycles. The van der Waals surface area contributed by atoms with Crippen LogP contribution in [-0.2, 0) is 6.54 Å². The van der Waals surface area contributed by atoms with Crippen LogP contribution in [0, 0.1) is 13.8 Å². The number of rotatable bonds is 5. The fourth-order valence-corrected chi connectivity index (χ4v) is 2.29. The van der Waals surface area contributed by atoms with Crippen molar-refractivity contribution < 1.29 is 0 Å². The molecule has 0 unspecified atom stereocenters. The van der Waals surface area contributed by atoms with Crippen molar-refractivity contribution in [2.45, 2.75) is 27.3 Å². The Morgan fingerprint density at radius 2 is 1.83 bits per heavy atom. The van der Waals surface area contributed by atoms with Crippen molar-refractivity contribution in [2.75, 3.05) is 17.2 Å². The minimum atomic E-state index is 0.695. The van der Waals surface area contributed by atoms with E-state index < -0.39 is 0 Å². The van der Waals surface area contributed by atoms with Crippen molar-refractivity contribution >= 4 is 23.0 Å². The molecule has 5 nitrogen and oxygen atoms in total. The van der Waals surface area contributed by atoms with Crippen molar-refractivity contribution in [3.63, 3.8) is 0 Å². The fraction of sp³-hybridized carbons (Fsp3) is 0.417. The number of aryl methyl sites for hydroxylation is 2. The maximum absolute atomic E-state index is 4.40. The molecular weight excluding hydrogens is 246 g/mol. The van der Waals surface area contributed by atoms with Crippen LogP contribution in [0.1, 0.15) is 23.4 Å². The molecule has 0 amide bonds. The number of nitrogens with zero attached hydrogens (tertiary/aromatic N) is 3. The van der Waals surface area contributed by atoms with E-state index in [0.29, 0.717) is 6.54 Å². The molecule has 2 aromatic heterocycles. The molecule has 0 aliphatic carbocycles. The number of hydrogen-bond donors (Lipinski definition) is 2. The molecule has 2 aromatic rings. The van der Waals surface area contributed by atoms with Gasteiger partial charge in [-0.05, 0) is 20.8 Å². The number of anilines is 2. The smallest absolute Gasteiger partial charge is 0.132 e. The van der Waals surface area contributed by atoms with E-state index in [9.17, 15) is 0 Å². The fourth-order valence-electron chi connectivity index (χ4n) is 1.58. The summed E-state index contributed by atoms with van der Waals surface area (Å²) in [7, 11) is 0. The molecule has 2 N–H and O–H groups in total. The molecule has 6 heteroatoms. The molecule has 0 saturated heterocycles. The summed E-state index contributed by atoms with van der Waals surface area (Å²) in [5.41, 5.74) is 1.06. The van der Waals surface area contributed by atoms with Crippen LogP contribution in [0.5, 0.6) is 0 Å². The SMILES string of the molecule is CCNc1cc(NCc2nc(C)cs2)nc(C)n1. The molecule has 0 bridgehead atoms. The number of nitrogens with one attached hydrogen (secondary N) is 2. The highest BCUT2D eigenvalue weighted by Crippen LogP contribution is 2.14. The van der Waals surface area contributed by atoms with Gasteiger partial charge >= 0.3 is 0 Å². The van der Waals surface area contributed by atoms with Gasteiger partial charge in [0.15, 0.2) is 0 Å². The zero-order valence-corrected chi connectivity index (χ0v) is 11.6. The topological polar surface area (TPSA) is 62.7 Å². The zero-order valence-electron chi connectivity index (χ0n) is 10.8. The maximum Gasteiger partial charge on any atom is 0.132 e. The van der Waals surface area contributed by atoms with E-state index in [0.717, 1.165) is 34.7 Å². The van der Waals surface area contributed by atoms with Crippen LogP contribution >= 0.6 is 11.3 Å². The first-order chi connectivity index (χ1) is 8.67. The first-order valence-corrected chi connectivity index (χ1v) is 6.79. The largest absolute Gasteiger partial charge is 0.370 e. The van der Waals surface area contributed by atoms with Gasteiger partial charge in [-0.15, -0.1) is 11.3 Å². The standard InChI is InChI=1S/C12H17N5S/c1-4-13-10-5-11(17-9(3)16-10)14-6-12-15-8(2)7-18-12/h5,7H,4,6H2,1-3H3,(H2,13,14,16,17). The van der Waals surface area contributed by atoms with Gasteiger partial charge in [-0.1, -0.05) is 0 Å². The second-order valence-corrected chi connectivity index (χ2v) is 4.89. The van der Waals surface area contributed by atoms with E-state index in [1.54, 1.807) is 11.3 Å². The molecule has 0 spiro atoms. The van der Waals surface area contributed by atoms with E-state index in [2.05, 4.69) is 25.6 Å². The number of thiazole rings is 1. The molecule has 2 rings (SSSR count). The van der Waals surface area contributed by atoms with Gasteiger partial charge in [-0.3, -0.25) is 0 Å². The minimum Gasteiger partial charge on any atom is -0.370 e. The van der Waals surface area contributed by atoms with Gasteiger partial charge < -0.3 is 10.6 Å². The summed E-state index contributed by atoms with van der Waals surface area (Å²) < 4.78 is 0. The van der Waals surface area contributed by atoms with Crippen molar-refractivity contribution in [1.29, 1.82) is 0 Å². The molecule has 0 aliphatic rings. The van der Waals surface area contributed by atoms with Crippen LogP contribution in [0.4, 0.5) is 11.6 Å². The molecule has 96 valence electrons. The molecule has 18 heavy (non-hydrogen) atoms. The summed E-state index contributed by atoms with van der Waals surface area (Å²) in [4.78, 5) is 13.1. The van der Waals surface area contributed by atoms with Crippen LogP contribution in [0.15, 0.2) is 11.4 Å². The molecular formula is C12H17N5S. The highest BCUT2D eigenvalue weighted by molar-refractivity contribution is 7.09. The first-order valence-electron chi connectivity index (χ1n) is 5.92. The Morgan fingerprint density at radius 1 is 1.11 bits per heavy atom. The molecule has 0 fully saturated rings. The minimum absolute atomic E-state index is 0.695. The lowest BCUT2D eigenvalue weighted by molar-refractivity contribution is 1.00. The number of hydrogen-bond acceptors (Lipinski definition) is 6. The average molecular weight is 263 g/mol. The monoisotopic (exact) mass is 263 g/mol. The lowest BCUT2D eigenvalue weighted by Gasteiger charge is -2.08. The Bertz CT molecular complexity index is 523. The predicted octanol–water partition coefficient (Wildman–Crippen LogP) is 2.59. The second-order valence-electron chi connectivity index (χ2n) is 3.95.